The van der Waals surface area contributed by atoms with Crippen LogP contribution in [0.5, 0.6) is 0 Å². The van der Waals surface area contributed by atoms with E-state index in [2.05, 4.69) is 33.9 Å². The molecule has 2 aliphatic rings. The molecule has 3 rings (SSSR count). The third-order valence-electron chi connectivity index (χ3n) is 6.06. The summed E-state index contributed by atoms with van der Waals surface area (Å²) in [7, 11) is 0. The van der Waals surface area contributed by atoms with Crippen LogP contribution in [-0.4, -0.2) is 80.8 Å². The molecule has 1 N–H and O–H groups in total. The smallest absolute Gasteiger partial charge is 0.194 e. The van der Waals surface area contributed by atoms with Gasteiger partial charge in [-0.2, -0.15) is 0 Å². The predicted octanol–water partition coefficient (Wildman–Crippen LogP) is 2.93. The van der Waals surface area contributed by atoms with Crippen molar-refractivity contribution < 1.29 is 9.13 Å². The number of likely N-dealkylation sites (N-methyl/N-ethyl adjacent to an activating group) is 1. The minimum Gasteiger partial charge on any atom is -0.378 e. The summed E-state index contributed by atoms with van der Waals surface area (Å²) in [5.74, 6) is 0.766. The number of rotatable bonds is 7. The maximum Gasteiger partial charge on any atom is 0.194 e. The normalized spacial score (nSPS) is 19.4. The van der Waals surface area contributed by atoms with Gasteiger partial charge >= 0.3 is 0 Å². The first-order valence-corrected chi connectivity index (χ1v) is 11.5. The molecule has 0 aromatic heterocycles. The summed E-state index contributed by atoms with van der Waals surface area (Å²) >= 11 is 0. The molecule has 2 heterocycles. The quantitative estimate of drug-likeness (QED) is 0.544. The Morgan fingerprint density at radius 2 is 1.83 bits per heavy atom. The van der Waals surface area contributed by atoms with Gasteiger partial charge in [0, 0.05) is 52.4 Å². The van der Waals surface area contributed by atoms with Gasteiger partial charge in [-0.25, -0.2) is 9.38 Å². The monoisotopic (exact) mass is 419 g/mol. The van der Waals surface area contributed by atoms with E-state index in [-0.39, 0.29) is 5.82 Å². The number of piperazine rings is 1. The summed E-state index contributed by atoms with van der Waals surface area (Å²) in [6, 6.07) is 5.58. The molecular weight excluding hydrogens is 381 g/mol. The number of likely N-dealkylation sites (tertiary alicyclic amines) is 1. The zero-order chi connectivity index (χ0) is 21.3. The van der Waals surface area contributed by atoms with Crippen LogP contribution in [0.3, 0.4) is 0 Å². The zero-order valence-corrected chi connectivity index (χ0v) is 18.9. The number of halogens is 1. The van der Waals surface area contributed by atoms with E-state index in [0.717, 1.165) is 83.3 Å². The molecule has 168 valence electrons. The van der Waals surface area contributed by atoms with Crippen molar-refractivity contribution in [3.63, 3.8) is 0 Å². The first-order chi connectivity index (χ1) is 14.6. The van der Waals surface area contributed by atoms with Gasteiger partial charge in [0.25, 0.3) is 0 Å². The third-order valence-corrected chi connectivity index (χ3v) is 6.06. The molecule has 30 heavy (non-hydrogen) atoms. The molecule has 0 radical (unpaired) electrons. The molecule has 2 fully saturated rings. The van der Waals surface area contributed by atoms with Gasteiger partial charge in [-0.1, -0.05) is 13.0 Å². The Balaban J connectivity index is 1.60. The second-order valence-corrected chi connectivity index (χ2v) is 8.02. The molecule has 6 nitrogen and oxygen atoms in total. The fraction of sp³-hybridized carbons (Fsp3) is 0.696. The van der Waals surface area contributed by atoms with E-state index in [1.54, 1.807) is 6.07 Å². The van der Waals surface area contributed by atoms with Crippen LogP contribution in [-0.2, 0) is 11.3 Å². The number of aliphatic imine (C=N–C) groups is 1. The van der Waals surface area contributed by atoms with E-state index in [4.69, 9.17) is 9.73 Å². The lowest BCUT2D eigenvalue weighted by atomic mass is 10.1. The van der Waals surface area contributed by atoms with Crippen LogP contribution >= 0.6 is 0 Å². The van der Waals surface area contributed by atoms with Gasteiger partial charge in [0.05, 0.1) is 18.3 Å². The number of piperidine rings is 1. The minimum absolute atomic E-state index is 0.143. The Hall–Kier alpha value is -1.86. The molecule has 0 aliphatic carbocycles. The van der Waals surface area contributed by atoms with Crippen molar-refractivity contribution in [2.24, 2.45) is 4.99 Å². The van der Waals surface area contributed by atoms with Crippen LogP contribution in [0, 0.1) is 5.82 Å². The second-order valence-electron chi connectivity index (χ2n) is 8.02. The molecule has 0 unspecified atom stereocenters. The molecule has 0 atom stereocenters. The molecule has 0 saturated carbocycles. The maximum atomic E-state index is 14.8. The minimum atomic E-state index is -0.143. The highest BCUT2D eigenvalue weighted by molar-refractivity contribution is 5.80. The summed E-state index contributed by atoms with van der Waals surface area (Å²) in [6.07, 6.45) is 2.40. The fourth-order valence-electron chi connectivity index (χ4n) is 4.27. The van der Waals surface area contributed by atoms with E-state index in [1.165, 1.54) is 0 Å². The Kier molecular flexibility index (Phi) is 8.75. The molecular formula is C23H38FN5O. The van der Waals surface area contributed by atoms with Gasteiger partial charge < -0.3 is 24.8 Å². The Labute approximate surface area is 181 Å². The highest BCUT2D eigenvalue weighted by atomic mass is 19.1. The van der Waals surface area contributed by atoms with Crippen LogP contribution in [0.15, 0.2) is 23.2 Å². The number of guanidine groups is 1. The summed E-state index contributed by atoms with van der Waals surface area (Å²) in [5, 5.41) is 3.39. The van der Waals surface area contributed by atoms with Crippen LogP contribution in [0.25, 0.3) is 0 Å². The molecule has 7 heteroatoms. The van der Waals surface area contributed by atoms with Crippen molar-refractivity contribution in [1.82, 2.24) is 15.1 Å². The molecule has 2 aliphatic heterocycles. The summed E-state index contributed by atoms with van der Waals surface area (Å²) in [6.45, 7) is 15.1. The van der Waals surface area contributed by atoms with E-state index >= 15 is 0 Å². The number of nitrogens with zero attached hydrogens (tertiary/aromatic N) is 4. The molecule has 1 aromatic carbocycles. The zero-order valence-electron chi connectivity index (χ0n) is 18.9. The van der Waals surface area contributed by atoms with Gasteiger partial charge in [-0.05, 0) is 50.9 Å². The lowest BCUT2D eigenvalue weighted by Crippen LogP contribution is -2.47. The fourth-order valence-corrected chi connectivity index (χ4v) is 4.27. The first-order valence-electron chi connectivity index (χ1n) is 11.5. The first kappa shape index (κ1) is 22.8. The van der Waals surface area contributed by atoms with Gasteiger partial charge in [-0.3, -0.25) is 0 Å². The predicted molar refractivity (Wildman–Crippen MR) is 122 cm³/mol. The van der Waals surface area contributed by atoms with E-state index in [0.29, 0.717) is 18.3 Å². The van der Waals surface area contributed by atoms with Crippen LogP contribution in [0.4, 0.5) is 10.1 Å². The number of hydrogen-bond donors (Lipinski definition) is 1. The van der Waals surface area contributed by atoms with Crippen molar-refractivity contribution in [2.45, 2.75) is 46.3 Å². The Bertz CT molecular complexity index is 682. The topological polar surface area (TPSA) is 43.3 Å². The third kappa shape index (κ3) is 6.08. The van der Waals surface area contributed by atoms with E-state index in [1.807, 2.05) is 19.1 Å². The van der Waals surface area contributed by atoms with Crippen molar-refractivity contribution in [2.75, 3.05) is 63.9 Å². The Morgan fingerprint density at radius 1 is 1.10 bits per heavy atom. The molecule has 0 spiro atoms. The summed E-state index contributed by atoms with van der Waals surface area (Å²) in [4.78, 5) is 11.6. The largest absolute Gasteiger partial charge is 0.378 e. The number of anilines is 1. The number of benzene rings is 1. The average molecular weight is 420 g/mol. The van der Waals surface area contributed by atoms with Gasteiger partial charge in [-0.15, -0.1) is 0 Å². The van der Waals surface area contributed by atoms with E-state index < -0.39 is 0 Å². The van der Waals surface area contributed by atoms with Gasteiger partial charge in [0.1, 0.15) is 5.82 Å². The second kappa shape index (κ2) is 11.5. The number of ether oxygens (including phenoxy) is 1. The summed E-state index contributed by atoms with van der Waals surface area (Å²) < 4.78 is 20.6. The SMILES string of the molecule is CCNC(=NCc1ccc(N2CCN(CC)CC2)c(F)c1)N1CCC(OCC)CC1. The molecule has 2 saturated heterocycles. The van der Waals surface area contributed by atoms with Crippen molar-refractivity contribution in [1.29, 1.82) is 0 Å². The Morgan fingerprint density at radius 3 is 2.43 bits per heavy atom. The van der Waals surface area contributed by atoms with Crippen LogP contribution < -0.4 is 10.2 Å². The van der Waals surface area contributed by atoms with Gasteiger partial charge in [0.2, 0.25) is 0 Å². The lowest BCUT2D eigenvalue weighted by molar-refractivity contribution is 0.0263. The van der Waals surface area contributed by atoms with Crippen LogP contribution in [0.1, 0.15) is 39.2 Å². The van der Waals surface area contributed by atoms with Gasteiger partial charge in [0.15, 0.2) is 5.96 Å². The standard InChI is InChI=1S/C23H38FN5O/c1-4-25-23(29-11-9-20(10-12-29)30-6-3)26-18-19-7-8-22(21(24)17-19)28-15-13-27(5-2)14-16-28/h7-8,17,20H,4-6,9-16,18H2,1-3H3,(H,25,26). The van der Waals surface area contributed by atoms with Crippen molar-refractivity contribution >= 4 is 11.6 Å². The van der Waals surface area contributed by atoms with Crippen LogP contribution in [0.2, 0.25) is 0 Å². The molecule has 0 bridgehead atoms. The molecule has 0 amide bonds. The van der Waals surface area contributed by atoms with Crippen molar-refractivity contribution in [3.8, 4) is 0 Å². The average Bonchev–Trinajstić information content (AvgIpc) is 2.78. The molecule has 1 aromatic rings. The highest BCUT2D eigenvalue weighted by Gasteiger charge is 2.22. The van der Waals surface area contributed by atoms with E-state index in [9.17, 15) is 4.39 Å². The number of hydrogen-bond acceptors (Lipinski definition) is 4. The van der Waals surface area contributed by atoms with Crippen molar-refractivity contribution in [3.05, 3.63) is 29.6 Å². The summed E-state index contributed by atoms with van der Waals surface area (Å²) in [5.41, 5.74) is 1.62. The lowest BCUT2D eigenvalue weighted by Gasteiger charge is -2.35. The number of nitrogens with one attached hydrogen (secondary N) is 1. The maximum absolute atomic E-state index is 14.8. The highest BCUT2D eigenvalue weighted by Crippen LogP contribution is 2.22.